The van der Waals surface area contributed by atoms with Gasteiger partial charge in [-0.25, -0.2) is 17.5 Å². The van der Waals surface area contributed by atoms with Crippen LogP contribution < -0.4 is 5.32 Å². The Morgan fingerprint density at radius 1 is 1.06 bits per heavy atom. The van der Waals surface area contributed by atoms with Crippen LogP contribution in [0.3, 0.4) is 0 Å². The van der Waals surface area contributed by atoms with Gasteiger partial charge in [0, 0.05) is 19.8 Å². The molecule has 0 aliphatic carbocycles. The van der Waals surface area contributed by atoms with Crippen molar-refractivity contribution in [3.8, 4) is 0 Å². The van der Waals surface area contributed by atoms with Crippen molar-refractivity contribution in [1.29, 1.82) is 0 Å². The average Bonchev–Trinajstić information content (AvgIpc) is 3.28. The molecule has 3 aromatic rings. The average molecular weight is 442 g/mol. The molecule has 1 heterocycles. The van der Waals surface area contributed by atoms with E-state index in [0.29, 0.717) is 11.3 Å². The molecular weight excluding hydrogens is 420 g/mol. The predicted molar refractivity (Wildman–Crippen MR) is 114 cm³/mol. The van der Waals surface area contributed by atoms with Crippen LogP contribution in [-0.2, 0) is 21.4 Å². The fourth-order valence-electron chi connectivity index (χ4n) is 2.71. The summed E-state index contributed by atoms with van der Waals surface area (Å²) in [5.41, 5.74) is 2.00. The molecule has 0 bridgehead atoms. The third kappa shape index (κ3) is 5.19. The summed E-state index contributed by atoms with van der Waals surface area (Å²) >= 11 is 0. The third-order valence-electron chi connectivity index (χ3n) is 4.51. The van der Waals surface area contributed by atoms with Crippen molar-refractivity contribution >= 4 is 27.6 Å². The van der Waals surface area contributed by atoms with Crippen LogP contribution in [0.1, 0.15) is 32.0 Å². The molecule has 31 heavy (non-hydrogen) atoms. The molecule has 8 nitrogen and oxygen atoms in total. The standard InChI is InChI=1S/C22H22N2O6S/c1-15-9-10-17(13-19(15)23-21(25)20-8-5-11-29-20)22(26)30-14-16-6-4-7-18(12-16)31(27,28)24(2)3/h4-13H,14H2,1-3H3,(H,23,25). The number of aryl methyl sites for hydroxylation is 1. The van der Waals surface area contributed by atoms with Crippen LogP contribution in [0.2, 0.25) is 0 Å². The van der Waals surface area contributed by atoms with E-state index in [9.17, 15) is 18.0 Å². The molecule has 1 aromatic heterocycles. The minimum atomic E-state index is -3.59. The van der Waals surface area contributed by atoms with Gasteiger partial charge in [-0.15, -0.1) is 0 Å². The third-order valence-corrected chi connectivity index (χ3v) is 6.32. The van der Waals surface area contributed by atoms with Gasteiger partial charge in [-0.05, 0) is 54.4 Å². The van der Waals surface area contributed by atoms with Gasteiger partial charge >= 0.3 is 5.97 Å². The molecule has 0 atom stereocenters. The van der Waals surface area contributed by atoms with Crippen LogP contribution >= 0.6 is 0 Å². The quantitative estimate of drug-likeness (QED) is 0.562. The molecular formula is C22H22N2O6S. The van der Waals surface area contributed by atoms with E-state index in [0.717, 1.165) is 9.87 Å². The minimum Gasteiger partial charge on any atom is -0.459 e. The molecule has 162 valence electrons. The fourth-order valence-corrected chi connectivity index (χ4v) is 3.69. The monoisotopic (exact) mass is 442 g/mol. The van der Waals surface area contributed by atoms with E-state index in [1.807, 2.05) is 0 Å². The highest BCUT2D eigenvalue weighted by molar-refractivity contribution is 7.89. The Balaban J connectivity index is 1.71. The lowest BCUT2D eigenvalue weighted by Crippen LogP contribution is -2.22. The Bertz CT molecular complexity index is 1200. The maximum absolute atomic E-state index is 12.5. The molecule has 0 fully saturated rings. The van der Waals surface area contributed by atoms with E-state index in [4.69, 9.17) is 9.15 Å². The zero-order valence-corrected chi connectivity index (χ0v) is 18.1. The molecule has 0 saturated heterocycles. The highest BCUT2D eigenvalue weighted by Crippen LogP contribution is 2.20. The smallest absolute Gasteiger partial charge is 0.338 e. The number of carbonyl (C=O) groups excluding carboxylic acids is 2. The zero-order chi connectivity index (χ0) is 22.6. The van der Waals surface area contributed by atoms with Gasteiger partial charge in [0.05, 0.1) is 16.7 Å². The lowest BCUT2D eigenvalue weighted by Gasteiger charge is -2.13. The largest absolute Gasteiger partial charge is 0.459 e. The second-order valence-corrected chi connectivity index (χ2v) is 9.12. The predicted octanol–water partition coefficient (Wildman–Crippen LogP) is 3.45. The van der Waals surface area contributed by atoms with E-state index in [1.165, 1.54) is 44.6 Å². The first kappa shape index (κ1) is 22.3. The number of rotatable bonds is 7. The topological polar surface area (TPSA) is 106 Å². The summed E-state index contributed by atoms with van der Waals surface area (Å²) in [7, 11) is -0.694. The number of nitrogens with zero attached hydrogens (tertiary/aromatic N) is 1. The van der Waals surface area contributed by atoms with Gasteiger partial charge in [-0.2, -0.15) is 0 Å². The summed E-state index contributed by atoms with van der Waals surface area (Å²) in [6, 6.07) is 14.2. The summed E-state index contributed by atoms with van der Waals surface area (Å²) in [6.45, 7) is 1.70. The fraction of sp³-hybridized carbons (Fsp3) is 0.182. The van der Waals surface area contributed by atoms with Crippen LogP contribution in [0, 0.1) is 6.92 Å². The molecule has 2 aromatic carbocycles. The van der Waals surface area contributed by atoms with E-state index >= 15 is 0 Å². The van der Waals surface area contributed by atoms with Crippen molar-refractivity contribution in [2.45, 2.75) is 18.4 Å². The summed E-state index contributed by atoms with van der Waals surface area (Å²) in [6.07, 6.45) is 1.40. The Hall–Kier alpha value is -3.43. The van der Waals surface area contributed by atoms with E-state index in [2.05, 4.69) is 5.32 Å². The van der Waals surface area contributed by atoms with Crippen molar-refractivity contribution in [2.24, 2.45) is 0 Å². The number of benzene rings is 2. The Kier molecular flexibility index (Phi) is 6.57. The Morgan fingerprint density at radius 2 is 1.84 bits per heavy atom. The second kappa shape index (κ2) is 9.15. The number of nitrogens with one attached hydrogen (secondary N) is 1. The Morgan fingerprint density at radius 3 is 2.52 bits per heavy atom. The van der Waals surface area contributed by atoms with Gasteiger partial charge in [0.25, 0.3) is 5.91 Å². The van der Waals surface area contributed by atoms with Gasteiger partial charge in [-0.1, -0.05) is 18.2 Å². The summed E-state index contributed by atoms with van der Waals surface area (Å²) < 4.78 is 36.0. The van der Waals surface area contributed by atoms with Gasteiger partial charge in [0.2, 0.25) is 10.0 Å². The highest BCUT2D eigenvalue weighted by atomic mass is 32.2. The maximum Gasteiger partial charge on any atom is 0.338 e. The molecule has 0 spiro atoms. The van der Waals surface area contributed by atoms with Crippen LogP contribution in [-0.4, -0.2) is 38.7 Å². The maximum atomic E-state index is 12.5. The number of sulfonamides is 1. The minimum absolute atomic E-state index is 0.0996. The summed E-state index contributed by atoms with van der Waals surface area (Å²) in [4.78, 5) is 24.8. The van der Waals surface area contributed by atoms with Crippen molar-refractivity contribution in [3.63, 3.8) is 0 Å². The molecule has 1 amide bonds. The number of carbonyl (C=O) groups is 2. The normalized spacial score (nSPS) is 11.4. The summed E-state index contributed by atoms with van der Waals surface area (Å²) in [5, 5.41) is 2.70. The van der Waals surface area contributed by atoms with Crippen molar-refractivity contribution in [3.05, 3.63) is 83.3 Å². The second-order valence-electron chi connectivity index (χ2n) is 6.97. The van der Waals surface area contributed by atoms with E-state index < -0.39 is 21.9 Å². The first-order valence-corrected chi connectivity index (χ1v) is 10.8. The number of anilines is 1. The number of hydrogen-bond acceptors (Lipinski definition) is 6. The number of ether oxygens (including phenoxy) is 1. The number of furan rings is 1. The molecule has 0 saturated carbocycles. The molecule has 0 aliphatic rings. The van der Waals surface area contributed by atoms with Crippen LogP contribution in [0.5, 0.6) is 0 Å². The first-order chi connectivity index (χ1) is 14.7. The molecule has 0 radical (unpaired) electrons. The van der Waals surface area contributed by atoms with Crippen molar-refractivity contribution in [2.75, 3.05) is 19.4 Å². The molecule has 0 aliphatic heterocycles. The van der Waals surface area contributed by atoms with E-state index in [-0.39, 0.29) is 22.8 Å². The lowest BCUT2D eigenvalue weighted by atomic mass is 10.1. The molecule has 1 N–H and O–H groups in total. The molecule has 9 heteroatoms. The highest BCUT2D eigenvalue weighted by Gasteiger charge is 2.18. The van der Waals surface area contributed by atoms with E-state index in [1.54, 1.807) is 37.3 Å². The molecule has 3 rings (SSSR count). The van der Waals surface area contributed by atoms with Crippen LogP contribution in [0.15, 0.2) is 70.2 Å². The Labute approximate surface area is 180 Å². The van der Waals surface area contributed by atoms with Gasteiger partial charge in [0.1, 0.15) is 6.61 Å². The first-order valence-electron chi connectivity index (χ1n) is 9.32. The number of amides is 1. The summed E-state index contributed by atoms with van der Waals surface area (Å²) in [5.74, 6) is -0.883. The van der Waals surface area contributed by atoms with Gasteiger partial charge in [-0.3, -0.25) is 4.79 Å². The number of hydrogen-bond donors (Lipinski definition) is 1. The SMILES string of the molecule is Cc1ccc(C(=O)OCc2cccc(S(=O)(=O)N(C)C)c2)cc1NC(=O)c1ccco1. The van der Waals surface area contributed by atoms with Crippen molar-refractivity contribution in [1.82, 2.24) is 4.31 Å². The van der Waals surface area contributed by atoms with Crippen molar-refractivity contribution < 1.29 is 27.2 Å². The zero-order valence-electron chi connectivity index (χ0n) is 17.3. The van der Waals surface area contributed by atoms with Crippen LogP contribution in [0.25, 0.3) is 0 Å². The molecule has 0 unspecified atom stereocenters. The number of esters is 1. The van der Waals surface area contributed by atoms with Crippen LogP contribution in [0.4, 0.5) is 5.69 Å². The van der Waals surface area contributed by atoms with Gasteiger partial charge < -0.3 is 14.5 Å². The van der Waals surface area contributed by atoms with Gasteiger partial charge in [0.15, 0.2) is 5.76 Å². The lowest BCUT2D eigenvalue weighted by molar-refractivity contribution is 0.0472.